The van der Waals surface area contributed by atoms with E-state index in [1.54, 1.807) is 6.07 Å². The Morgan fingerprint density at radius 3 is 2.65 bits per heavy atom. The number of halogens is 2. The molecule has 1 N–H and O–H groups in total. The minimum Gasteiger partial charge on any atom is -0.334 e. The van der Waals surface area contributed by atoms with Crippen LogP contribution >= 0.6 is 23.2 Å². The van der Waals surface area contributed by atoms with Gasteiger partial charge in [-0.1, -0.05) is 29.3 Å². The Labute approximate surface area is 129 Å². The number of rotatable bonds is 4. The Kier molecular flexibility index (Phi) is 4.20. The topological polar surface area (TPSA) is 32.3 Å². The second kappa shape index (κ2) is 5.92. The zero-order valence-electron chi connectivity index (χ0n) is 11.2. The van der Waals surface area contributed by atoms with Crippen LogP contribution in [0.4, 0.5) is 0 Å². The molecule has 3 rings (SSSR count). The Morgan fingerprint density at radius 2 is 2.05 bits per heavy atom. The molecule has 0 spiro atoms. The van der Waals surface area contributed by atoms with Crippen molar-refractivity contribution in [2.45, 2.75) is 44.3 Å². The molecule has 2 fully saturated rings. The molecule has 5 heteroatoms. The number of carbonyl (C=O) groups excluding carboxylic acids is 1. The van der Waals surface area contributed by atoms with E-state index in [1.165, 1.54) is 0 Å². The molecule has 1 amide bonds. The molecule has 1 aliphatic heterocycles. The number of amides is 1. The Balaban J connectivity index is 1.73. The van der Waals surface area contributed by atoms with E-state index in [2.05, 4.69) is 5.32 Å². The van der Waals surface area contributed by atoms with Gasteiger partial charge in [-0.05, 0) is 49.9 Å². The van der Waals surface area contributed by atoms with Crippen LogP contribution in [0, 0.1) is 0 Å². The van der Waals surface area contributed by atoms with Gasteiger partial charge in [-0.3, -0.25) is 4.79 Å². The number of nitrogens with zero attached hydrogens (tertiary/aromatic N) is 1. The van der Waals surface area contributed by atoms with Gasteiger partial charge in [0.05, 0.1) is 16.1 Å². The fraction of sp³-hybridized carbons (Fsp3) is 0.533. The Morgan fingerprint density at radius 1 is 1.25 bits per heavy atom. The highest BCUT2D eigenvalue weighted by atomic mass is 35.5. The standard InChI is InChI=1S/C15H18Cl2N2O/c16-12-6-3-10(8-13(12)17)9-19(11-4-5-11)15(20)14-2-1-7-18-14/h3,6,8,11,14,18H,1-2,4-5,7,9H2/t14-/m1/s1. The molecule has 1 saturated carbocycles. The minimum absolute atomic E-state index is 0.00151. The Hall–Kier alpha value is -0.770. The molecule has 1 heterocycles. The second-order valence-electron chi connectivity index (χ2n) is 5.59. The van der Waals surface area contributed by atoms with Gasteiger partial charge in [0.15, 0.2) is 0 Å². The summed E-state index contributed by atoms with van der Waals surface area (Å²) in [6.45, 7) is 1.57. The summed E-state index contributed by atoms with van der Waals surface area (Å²) < 4.78 is 0. The minimum atomic E-state index is -0.00151. The maximum atomic E-state index is 12.6. The Bertz CT molecular complexity index is 511. The summed E-state index contributed by atoms with van der Waals surface area (Å²) in [4.78, 5) is 14.6. The normalized spacial score (nSPS) is 22.0. The smallest absolute Gasteiger partial charge is 0.240 e. The van der Waals surface area contributed by atoms with Gasteiger partial charge in [0.2, 0.25) is 5.91 Å². The third-order valence-corrected chi connectivity index (χ3v) is 4.71. The van der Waals surface area contributed by atoms with E-state index in [0.717, 1.165) is 37.8 Å². The molecule has 2 aliphatic rings. The first-order valence-electron chi connectivity index (χ1n) is 7.13. The number of nitrogens with one attached hydrogen (secondary N) is 1. The van der Waals surface area contributed by atoms with Crippen molar-refractivity contribution in [2.24, 2.45) is 0 Å². The predicted molar refractivity (Wildman–Crippen MR) is 81.1 cm³/mol. The van der Waals surface area contributed by atoms with Crippen molar-refractivity contribution in [3.63, 3.8) is 0 Å². The van der Waals surface area contributed by atoms with Crippen LogP contribution < -0.4 is 5.32 Å². The van der Waals surface area contributed by atoms with Crippen LogP contribution in [0.3, 0.4) is 0 Å². The van der Waals surface area contributed by atoms with Gasteiger partial charge < -0.3 is 10.2 Å². The fourth-order valence-corrected chi connectivity index (χ4v) is 3.02. The third kappa shape index (κ3) is 3.11. The van der Waals surface area contributed by atoms with E-state index < -0.39 is 0 Å². The van der Waals surface area contributed by atoms with Crippen LogP contribution in [-0.2, 0) is 11.3 Å². The van der Waals surface area contributed by atoms with Gasteiger partial charge in [0.25, 0.3) is 0 Å². The quantitative estimate of drug-likeness (QED) is 0.925. The van der Waals surface area contributed by atoms with E-state index >= 15 is 0 Å². The van der Waals surface area contributed by atoms with Gasteiger partial charge in [0.1, 0.15) is 0 Å². The highest BCUT2D eigenvalue weighted by molar-refractivity contribution is 6.42. The number of hydrogen-bond acceptors (Lipinski definition) is 2. The lowest BCUT2D eigenvalue weighted by Gasteiger charge is -2.26. The second-order valence-corrected chi connectivity index (χ2v) is 6.41. The summed E-state index contributed by atoms with van der Waals surface area (Å²) in [5.41, 5.74) is 1.04. The third-order valence-electron chi connectivity index (χ3n) is 3.97. The van der Waals surface area contributed by atoms with Crippen molar-refractivity contribution in [3.8, 4) is 0 Å². The zero-order chi connectivity index (χ0) is 14.1. The first-order valence-corrected chi connectivity index (χ1v) is 7.88. The molecule has 1 saturated heterocycles. The van der Waals surface area contributed by atoms with Crippen LogP contribution in [0.25, 0.3) is 0 Å². The summed E-state index contributed by atoms with van der Waals surface area (Å²) >= 11 is 12.0. The largest absolute Gasteiger partial charge is 0.334 e. The molecule has 1 aliphatic carbocycles. The molecule has 108 valence electrons. The van der Waals surface area contributed by atoms with Crippen molar-refractivity contribution in [3.05, 3.63) is 33.8 Å². The van der Waals surface area contributed by atoms with Gasteiger partial charge in [-0.15, -0.1) is 0 Å². The zero-order valence-corrected chi connectivity index (χ0v) is 12.8. The number of benzene rings is 1. The van der Waals surface area contributed by atoms with Crippen LogP contribution in [0.2, 0.25) is 10.0 Å². The summed E-state index contributed by atoms with van der Waals surface area (Å²) in [5, 5.41) is 4.39. The average Bonchev–Trinajstić information content (AvgIpc) is 3.13. The number of hydrogen-bond donors (Lipinski definition) is 1. The first kappa shape index (κ1) is 14.2. The summed E-state index contributed by atoms with van der Waals surface area (Å²) in [5.74, 6) is 0.232. The molecule has 20 heavy (non-hydrogen) atoms. The van der Waals surface area contributed by atoms with Gasteiger partial charge >= 0.3 is 0 Å². The van der Waals surface area contributed by atoms with Crippen LogP contribution in [-0.4, -0.2) is 29.4 Å². The summed E-state index contributed by atoms with van der Waals surface area (Å²) in [6, 6.07) is 5.99. The fourth-order valence-electron chi connectivity index (χ4n) is 2.70. The van der Waals surface area contributed by atoms with E-state index in [-0.39, 0.29) is 11.9 Å². The average molecular weight is 313 g/mol. The van der Waals surface area contributed by atoms with E-state index in [0.29, 0.717) is 22.6 Å². The summed E-state index contributed by atoms with van der Waals surface area (Å²) in [6.07, 6.45) is 4.25. The van der Waals surface area contributed by atoms with E-state index in [9.17, 15) is 4.79 Å². The predicted octanol–water partition coefficient (Wildman–Crippen LogP) is 3.24. The SMILES string of the molecule is O=C([C@H]1CCCN1)N(Cc1ccc(Cl)c(Cl)c1)C1CC1. The first-order chi connectivity index (χ1) is 9.65. The lowest BCUT2D eigenvalue weighted by Crippen LogP contribution is -2.44. The molecular weight excluding hydrogens is 295 g/mol. The van der Waals surface area contributed by atoms with Crippen LogP contribution in [0.1, 0.15) is 31.2 Å². The van der Waals surface area contributed by atoms with Gasteiger partial charge in [-0.2, -0.15) is 0 Å². The van der Waals surface area contributed by atoms with Crippen LogP contribution in [0.5, 0.6) is 0 Å². The van der Waals surface area contributed by atoms with Crippen molar-refractivity contribution < 1.29 is 4.79 Å². The molecule has 1 aromatic carbocycles. The molecule has 1 atom stereocenters. The van der Waals surface area contributed by atoms with Crippen LogP contribution in [0.15, 0.2) is 18.2 Å². The van der Waals surface area contributed by atoms with Crippen molar-refractivity contribution in [1.82, 2.24) is 10.2 Å². The molecule has 1 aromatic rings. The van der Waals surface area contributed by atoms with Crippen molar-refractivity contribution >= 4 is 29.1 Å². The summed E-state index contributed by atoms with van der Waals surface area (Å²) in [7, 11) is 0. The molecule has 0 bridgehead atoms. The maximum absolute atomic E-state index is 12.6. The van der Waals surface area contributed by atoms with Crippen molar-refractivity contribution in [2.75, 3.05) is 6.54 Å². The van der Waals surface area contributed by atoms with Gasteiger partial charge in [-0.25, -0.2) is 0 Å². The maximum Gasteiger partial charge on any atom is 0.240 e. The number of carbonyl (C=O) groups is 1. The van der Waals surface area contributed by atoms with E-state index in [1.807, 2.05) is 17.0 Å². The lowest BCUT2D eigenvalue weighted by molar-refractivity contribution is -0.134. The molecule has 0 unspecified atom stereocenters. The molecule has 0 aromatic heterocycles. The lowest BCUT2D eigenvalue weighted by atomic mass is 10.1. The molecular formula is C15H18Cl2N2O. The molecule has 0 radical (unpaired) electrons. The van der Waals surface area contributed by atoms with Crippen molar-refractivity contribution in [1.29, 1.82) is 0 Å². The molecule has 3 nitrogen and oxygen atoms in total. The van der Waals surface area contributed by atoms with E-state index in [4.69, 9.17) is 23.2 Å². The monoisotopic (exact) mass is 312 g/mol. The highest BCUT2D eigenvalue weighted by Crippen LogP contribution is 2.31. The van der Waals surface area contributed by atoms with Gasteiger partial charge in [0, 0.05) is 12.6 Å². The highest BCUT2D eigenvalue weighted by Gasteiger charge is 2.36.